The Morgan fingerprint density at radius 3 is 2.56 bits per heavy atom. The van der Waals surface area contributed by atoms with E-state index in [9.17, 15) is 0 Å². The first-order valence-corrected chi connectivity index (χ1v) is 3.29. The molecule has 0 rings (SSSR count). The summed E-state index contributed by atoms with van der Waals surface area (Å²) < 4.78 is 0. The van der Waals surface area contributed by atoms with Crippen LogP contribution in [0.3, 0.4) is 0 Å². The average Bonchev–Trinajstić information content (AvgIpc) is 1.87. The summed E-state index contributed by atoms with van der Waals surface area (Å²) in [5.74, 6) is 0. The predicted octanol–water partition coefficient (Wildman–Crippen LogP) is -0.395. The summed E-state index contributed by atoms with van der Waals surface area (Å²) in [6.45, 7) is 2.87. The van der Waals surface area contributed by atoms with Gasteiger partial charge in [-0.25, -0.2) is 0 Å². The third-order valence-corrected chi connectivity index (χ3v) is 1.44. The highest BCUT2D eigenvalue weighted by atomic mass is 16.3. The molecule has 3 N–H and O–H groups in total. The van der Waals surface area contributed by atoms with Crippen molar-refractivity contribution in [2.45, 2.75) is 19.5 Å². The van der Waals surface area contributed by atoms with Gasteiger partial charge in [0.2, 0.25) is 0 Å². The standard InChI is InChI=1S/C6H16N2O/c1-3-6(7)8(2)4-5-9/h6,9H,3-5,7H2,1-2H3. The monoisotopic (exact) mass is 132 g/mol. The lowest BCUT2D eigenvalue weighted by molar-refractivity contribution is 0.179. The molecule has 0 bridgehead atoms. The van der Waals surface area contributed by atoms with Crippen molar-refractivity contribution in [1.29, 1.82) is 0 Å². The lowest BCUT2D eigenvalue weighted by Crippen LogP contribution is -2.40. The van der Waals surface area contributed by atoms with Crippen molar-refractivity contribution < 1.29 is 5.11 Å². The van der Waals surface area contributed by atoms with Crippen LogP contribution in [0.1, 0.15) is 13.3 Å². The molecule has 0 aliphatic rings. The molecule has 0 spiro atoms. The summed E-state index contributed by atoms with van der Waals surface area (Å²) in [4.78, 5) is 1.93. The molecule has 56 valence electrons. The second kappa shape index (κ2) is 4.73. The normalized spacial score (nSPS) is 14.3. The van der Waals surface area contributed by atoms with Crippen molar-refractivity contribution >= 4 is 0 Å². The maximum atomic E-state index is 8.48. The number of nitrogens with two attached hydrogens (primary N) is 1. The number of likely N-dealkylation sites (N-methyl/N-ethyl adjacent to an activating group) is 1. The molecule has 3 heteroatoms. The van der Waals surface area contributed by atoms with Gasteiger partial charge in [0, 0.05) is 6.54 Å². The Labute approximate surface area is 56.5 Å². The van der Waals surface area contributed by atoms with Crippen LogP contribution in [0, 0.1) is 0 Å². The Morgan fingerprint density at radius 1 is 1.67 bits per heavy atom. The minimum atomic E-state index is 0.0946. The van der Waals surface area contributed by atoms with E-state index >= 15 is 0 Å². The van der Waals surface area contributed by atoms with Gasteiger partial charge in [0.25, 0.3) is 0 Å². The van der Waals surface area contributed by atoms with E-state index in [0.29, 0.717) is 6.54 Å². The van der Waals surface area contributed by atoms with Crippen LogP contribution in [-0.2, 0) is 0 Å². The topological polar surface area (TPSA) is 49.5 Å². The zero-order valence-electron chi connectivity index (χ0n) is 6.17. The Balaban J connectivity index is 3.32. The van der Waals surface area contributed by atoms with E-state index < -0.39 is 0 Å². The number of nitrogens with zero attached hydrogens (tertiary/aromatic N) is 1. The van der Waals surface area contributed by atoms with Crippen LogP contribution in [0.2, 0.25) is 0 Å². The minimum Gasteiger partial charge on any atom is -0.395 e. The zero-order valence-corrected chi connectivity index (χ0v) is 6.17. The van der Waals surface area contributed by atoms with E-state index in [1.54, 1.807) is 0 Å². The third kappa shape index (κ3) is 3.46. The van der Waals surface area contributed by atoms with Crippen molar-refractivity contribution in [2.24, 2.45) is 5.73 Å². The minimum absolute atomic E-state index is 0.0946. The van der Waals surface area contributed by atoms with E-state index in [1.807, 2.05) is 18.9 Å². The first kappa shape index (κ1) is 8.88. The highest BCUT2D eigenvalue weighted by Crippen LogP contribution is 1.91. The van der Waals surface area contributed by atoms with Gasteiger partial charge in [-0.1, -0.05) is 6.92 Å². The van der Waals surface area contributed by atoms with Crippen molar-refractivity contribution in [3.8, 4) is 0 Å². The molecule has 0 heterocycles. The number of aliphatic hydroxyl groups is 1. The molecule has 3 nitrogen and oxygen atoms in total. The van der Waals surface area contributed by atoms with Gasteiger partial charge >= 0.3 is 0 Å². The van der Waals surface area contributed by atoms with Crippen LogP contribution < -0.4 is 5.73 Å². The van der Waals surface area contributed by atoms with E-state index in [-0.39, 0.29) is 12.8 Å². The van der Waals surface area contributed by atoms with Crippen molar-refractivity contribution in [2.75, 3.05) is 20.2 Å². The summed E-state index contributed by atoms with van der Waals surface area (Å²) in [5.41, 5.74) is 5.62. The fourth-order valence-corrected chi connectivity index (χ4v) is 0.635. The van der Waals surface area contributed by atoms with Crippen LogP contribution >= 0.6 is 0 Å². The largest absolute Gasteiger partial charge is 0.395 e. The predicted molar refractivity (Wildman–Crippen MR) is 38.0 cm³/mol. The maximum Gasteiger partial charge on any atom is 0.0567 e. The summed E-state index contributed by atoms with van der Waals surface area (Å²) in [7, 11) is 1.91. The molecule has 0 amide bonds. The van der Waals surface area contributed by atoms with Gasteiger partial charge in [-0.15, -0.1) is 0 Å². The van der Waals surface area contributed by atoms with E-state index in [4.69, 9.17) is 10.8 Å². The average molecular weight is 132 g/mol. The molecule has 0 saturated carbocycles. The van der Waals surface area contributed by atoms with Gasteiger partial charge in [-0.05, 0) is 13.5 Å². The molecular formula is C6H16N2O. The van der Waals surface area contributed by atoms with Crippen molar-refractivity contribution in [3.05, 3.63) is 0 Å². The molecule has 0 aromatic rings. The van der Waals surface area contributed by atoms with Crippen molar-refractivity contribution in [3.63, 3.8) is 0 Å². The quantitative estimate of drug-likeness (QED) is 0.512. The number of hydrogen-bond donors (Lipinski definition) is 2. The number of hydrogen-bond acceptors (Lipinski definition) is 3. The van der Waals surface area contributed by atoms with Gasteiger partial charge in [0.05, 0.1) is 12.8 Å². The molecule has 0 aromatic heterocycles. The Hall–Kier alpha value is -0.120. The van der Waals surface area contributed by atoms with Crippen LogP contribution in [0.15, 0.2) is 0 Å². The second-order valence-electron chi connectivity index (χ2n) is 2.18. The Morgan fingerprint density at radius 2 is 2.22 bits per heavy atom. The first-order valence-electron chi connectivity index (χ1n) is 3.29. The van der Waals surface area contributed by atoms with Crippen LogP contribution in [0.5, 0.6) is 0 Å². The molecule has 9 heavy (non-hydrogen) atoms. The lowest BCUT2D eigenvalue weighted by Gasteiger charge is -2.21. The summed E-state index contributed by atoms with van der Waals surface area (Å²) in [6, 6.07) is 0. The number of aliphatic hydroxyl groups excluding tert-OH is 1. The van der Waals surface area contributed by atoms with E-state index in [2.05, 4.69) is 0 Å². The molecule has 0 aromatic carbocycles. The lowest BCUT2D eigenvalue weighted by atomic mass is 10.3. The van der Waals surface area contributed by atoms with Crippen LogP contribution in [0.25, 0.3) is 0 Å². The SMILES string of the molecule is CCC(N)N(C)CCO. The maximum absolute atomic E-state index is 8.48. The van der Waals surface area contributed by atoms with Crippen molar-refractivity contribution in [1.82, 2.24) is 4.90 Å². The smallest absolute Gasteiger partial charge is 0.0567 e. The molecule has 0 radical (unpaired) electrons. The number of rotatable bonds is 4. The molecule has 0 saturated heterocycles. The summed E-state index contributed by atoms with van der Waals surface area (Å²) in [5, 5.41) is 8.48. The summed E-state index contributed by atoms with van der Waals surface area (Å²) >= 11 is 0. The highest BCUT2D eigenvalue weighted by molar-refractivity contribution is 4.57. The van der Waals surface area contributed by atoms with E-state index in [1.165, 1.54) is 0 Å². The third-order valence-electron chi connectivity index (χ3n) is 1.44. The van der Waals surface area contributed by atoms with Crippen LogP contribution in [-0.4, -0.2) is 36.4 Å². The fraction of sp³-hybridized carbons (Fsp3) is 1.00. The molecule has 0 fully saturated rings. The van der Waals surface area contributed by atoms with Gasteiger partial charge in [-0.2, -0.15) is 0 Å². The Kier molecular flexibility index (Phi) is 4.67. The van der Waals surface area contributed by atoms with Gasteiger partial charge < -0.3 is 10.8 Å². The summed E-state index contributed by atoms with van der Waals surface area (Å²) in [6.07, 6.45) is 1.02. The fourth-order valence-electron chi connectivity index (χ4n) is 0.635. The van der Waals surface area contributed by atoms with Gasteiger partial charge in [0.1, 0.15) is 0 Å². The van der Waals surface area contributed by atoms with E-state index in [0.717, 1.165) is 6.42 Å². The molecule has 1 unspecified atom stereocenters. The Bertz CT molecular complexity index is 68.1. The van der Waals surface area contributed by atoms with Gasteiger partial charge in [-0.3, -0.25) is 4.90 Å². The first-order chi connectivity index (χ1) is 4.22. The second-order valence-corrected chi connectivity index (χ2v) is 2.18. The highest BCUT2D eigenvalue weighted by Gasteiger charge is 2.03. The van der Waals surface area contributed by atoms with Gasteiger partial charge in [0.15, 0.2) is 0 Å². The van der Waals surface area contributed by atoms with Crippen LogP contribution in [0.4, 0.5) is 0 Å². The molecular weight excluding hydrogens is 116 g/mol. The molecule has 0 aliphatic heterocycles. The zero-order chi connectivity index (χ0) is 7.28. The molecule has 0 aliphatic carbocycles. The molecule has 1 atom stereocenters.